The van der Waals surface area contributed by atoms with Gasteiger partial charge in [-0.2, -0.15) is 0 Å². The monoisotopic (exact) mass is 524 g/mol. The van der Waals surface area contributed by atoms with Crippen LogP contribution in [-0.4, -0.2) is 81.8 Å². The van der Waals surface area contributed by atoms with Crippen LogP contribution < -0.4 is 0 Å². The molecule has 2 amide bonds. The molecule has 1 aromatic rings. The number of nitrogens with zero attached hydrogens (tertiary/aromatic N) is 2. The molecule has 8 nitrogen and oxygen atoms in total. The number of ether oxygens (including phenoxy) is 2. The van der Waals surface area contributed by atoms with E-state index in [2.05, 4.69) is 13.2 Å². The van der Waals surface area contributed by atoms with Crippen molar-refractivity contribution in [3.8, 4) is 0 Å². The second kappa shape index (κ2) is 10.7. The Hall–Kier alpha value is -2.97. The van der Waals surface area contributed by atoms with Crippen molar-refractivity contribution in [3.05, 3.63) is 61.2 Å². The number of esters is 1. The molecule has 206 valence electrons. The lowest BCUT2D eigenvalue weighted by Gasteiger charge is -2.40. The van der Waals surface area contributed by atoms with Gasteiger partial charge in [0.05, 0.1) is 24.2 Å². The van der Waals surface area contributed by atoms with Crippen LogP contribution in [0.25, 0.3) is 0 Å². The second-order valence-corrected chi connectivity index (χ2v) is 11.3. The van der Waals surface area contributed by atoms with Crippen LogP contribution in [0.1, 0.15) is 39.7 Å². The third-order valence-corrected chi connectivity index (χ3v) is 8.73. The quantitative estimate of drug-likeness (QED) is 0.353. The van der Waals surface area contributed by atoms with Gasteiger partial charge in [0.25, 0.3) is 0 Å². The Balaban J connectivity index is 1.84. The minimum absolute atomic E-state index is 0.0213. The zero-order valence-electron chi connectivity index (χ0n) is 22.8. The summed E-state index contributed by atoms with van der Waals surface area (Å²) in [6.45, 7) is 15.1. The van der Waals surface area contributed by atoms with E-state index in [9.17, 15) is 19.5 Å². The van der Waals surface area contributed by atoms with Crippen molar-refractivity contribution in [3.63, 3.8) is 0 Å². The lowest BCUT2D eigenvalue weighted by Crippen LogP contribution is -2.60. The van der Waals surface area contributed by atoms with Gasteiger partial charge in [-0.25, -0.2) is 0 Å². The third-order valence-electron chi connectivity index (χ3n) is 8.73. The van der Waals surface area contributed by atoms with Crippen LogP contribution in [-0.2, 0) is 30.3 Å². The molecule has 7 atom stereocenters. The number of likely N-dealkylation sites (tertiary alicyclic amines) is 1. The molecule has 3 saturated heterocycles. The number of hydrogen-bond donors (Lipinski definition) is 1. The first-order valence-corrected chi connectivity index (χ1v) is 13.4. The van der Waals surface area contributed by atoms with Crippen molar-refractivity contribution in [1.29, 1.82) is 0 Å². The molecule has 38 heavy (non-hydrogen) atoms. The Morgan fingerprint density at radius 2 is 1.95 bits per heavy atom. The lowest BCUT2D eigenvalue weighted by atomic mass is 9.62. The molecule has 0 saturated carbocycles. The molecule has 1 aromatic carbocycles. The molecule has 0 aromatic heterocycles. The highest BCUT2D eigenvalue weighted by atomic mass is 16.6. The maximum atomic E-state index is 14.4. The average molecular weight is 525 g/mol. The largest absolute Gasteiger partial charge is 0.461 e. The molecule has 2 bridgehead atoms. The second-order valence-electron chi connectivity index (χ2n) is 11.3. The van der Waals surface area contributed by atoms with E-state index in [1.807, 2.05) is 58.0 Å². The third kappa shape index (κ3) is 4.28. The van der Waals surface area contributed by atoms with Gasteiger partial charge < -0.3 is 24.4 Å². The number of aliphatic hydroxyl groups excluding tert-OH is 1. The summed E-state index contributed by atoms with van der Waals surface area (Å²) in [6, 6.07) is 7.73. The highest BCUT2D eigenvalue weighted by Crippen LogP contribution is 2.65. The van der Waals surface area contributed by atoms with E-state index >= 15 is 0 Å². The number of benzene rings is 1. The number of carbonyl (C=O) groups is 3. The number of fused-ring (bicyclic) bond motifs is 1. The number of rotatable bonds is 11. The van der Waals surface area contributed by atoms with E-state index in [1.54, 1.807) is 11.0 Å². The molecule has 3 heterocycles. The molecule has 4 rings (SSSR count). The number of amides is 2. The molecule has 8 heteroatoms. The van der Waals surface area contributed by atoms with E-state index < -0.39 is 41.1 Å². The van der Waals surface area contributed by atoms with Crippen molar-refractivity contribution in [2.24, 2.45) is 17.8 Å². The normalized spacial score (nSPS) is 32.3. The van der Waals surface area contributed by atoms with Crippen molar-refractivity contribution in [1.82, 2.24) is 9.80 Å². The van der Waals surface area contributed by atoms with Crippen LogP contribution in [0.4, 0.5) is 0 Å². The summed E-state index contributed by atoms with van der Waals surface area (Å²) in [7, 11) is 0. The zero-order valence-corrected chi connectivity index (χ0v) is 22.8. The van der Waals surface area contributed by atoms with Gasteiger partial charge in [-0.15, -0.1) is 6.58 Å². The minimum Gasteiger partial charge on any atom is -0.461 e. The Bertz CT molecular complexity index is 1090. The summed E-state index contributed by atoms with van der Waals surface area (Å²) in [6.07, 6.45) is 3.95. The molecule has 3 aliphatic rings. The number of hydrogen-bond acceptors (Lipinski definition) is 6. The van der Waals surface area contributed by atoms with Gasteiger partial charge in [0.1, 0.15) is 24.2 Å². The summed E-state index contributed by atoms with van der Waals surface area (Å²) >= 11 is 0. The fourth-order valence-electron chi connectivity index (χ4n) is 6.93. The SMILES string of the molecule is C=CCOC(=O)[C@H]1[C@H]2C(=O)N([C@@H](CO)Cc3ccccc3)C(C(=O)N(CC=C)C(C)C)C23CC(C)[C@]1(C)O3. The average Bonchev–Trinajstić information content (AvgIpc) is 3.41. The standard InChI is InChI=1S/C30H40N2O6/c1-7-14-31(19(3)4)27(35)25-30-17-20(5)29(6,38-30)24(28(36)37-15-8-2)23(30)26(34)32(25)22(18-33)16-21-12-10-9-11-13-21/h7-13,19-20,22-25,33H,1-2,14-18H2,3-6H3/t20?,22-,23+,24-,25?,29+,30?/m1/s1. The summed E-state index contributed by atoms with van der Waals surface area (Å²) in [4.78, 5) is 45.4. The molecular formula is C30H40N2O6. The fraction of sp³-hybridized carbons (Fsp3) is 0.567. The van der Waals surface area contributed by atoms with Gasteiger partial charge in [-0.1, -0.05) is 56.0 Å². The maximum absolute atomic E-state index is 14.4. The Kier molecular flexibility index (Phi) is 7.86. The van der Waals surface area contributed by atoms with Crippen molar-refractivity contribution in [2.45, 2.75) is 69.9 Å². The van der Waals surface area contributed by atoms with Gasteiger partial charge >= 0.3 is 5.97 Å². The number of carbonyl (C=O) groups excluding carboxylic acids is 3. The topological polar surface area (TPSA) is 96.4 Å². The molecular weight excluding hydrogens is 484 g/mol. The summed E-state index contributed by atoms with van der Waals surface area (Å²) in [5, 5.41) is 10.6. The van der Waals surface area contributed by atoms with Gasteiger partial charge in [-0.3, -0.25) is 14.4 Å². The van der Waals surface area contributed by atoms with Gasteiger partial charge in [0.15, 0.2) is 0 Å². The first kappa shape index (κ1) is 28.0. The minimum atomic E-state index is -1.21. The van der Waals surface area contributed by atoms with Crippen LogP contribution in [0.5, 0.6) is 0 Å². The summed E-state index contributed by atoms with van der Waals surface area (Å²) in [5.74, 6) is -3.01. The molecule has 0 radical (unpaired) electrons. The Morgan fingerprint density at radius 3 is 2.53 bits per heavy atom. The summed E-state index contributed by atoms with van der Waals surface area (Å²) in [5.41, 5.74) is -1.24. The fourth-order valence-corrected chi connectivity index (χ4v) is 6.93. The van der Waals surface area contributed by atoms with E-state index in [0.717, 1.165) is 5.56 Å². The van der Waals surface area contributed by atoms with E-state index in [1.165, 1.54) is 11.0 Å². The highest BCUT2D eigenvalue weighted by molar-refractivity contribution is 5.99. The first-order chi connectivity index (χ1) is 18.1. The molecule has 1 spiro atoms. The lowest BCUT2D eigenvalue weighted by molar-refractivity contribution is -0.163. The van der Waals surface area contributed by atoms with Crippen molar-refractivity contribution in [2.75, 3.05) is 19.8 Å². The van der Waals surface area contributed by atoms with E-state index in [0.29, 0.717) is 19.4 Å². The van der Waals surface area contributed by atoms with Gasteiger partial charge in [-0.05, 0) is 45.1 Å². The smallest absolute Gasteiger partial charge is 0.313 e. The highest BCUT2D eigenvalue weighted by Gasteiger charge is 2.80. The Morgan fingerprint density at radius 1 is 1.26 bits per heavy atom. The van der Waals surface area contributed by atoms with Crippen LogP contribution in [0, 0.1) is 17.8 Å². The number of aliphatic hydroxyl groups is 1. The van der Waals surface area contributed by atoms with Crippen LogP contribution in [0.3, 0.4) is 0 Å². The van der Waals surface area contributed by atoms with Crippen LogP contribution in [0.15, 0.2) is 55.6 Å². The zero-order chi connectivity index (χ0) is 27.8. The van der Waals surface area contributed by atoms with E-state index in [-0.39, 0.29) is 37.0 Å². The molecule has 3 aliphatic heterocycles. The van der Waals surface area contributed by atoms with Crippen LogP contribution in [0.2, 0.25) is 0 Å². The van der Waals surface area contributed by atoms with Crippen LogP contribution >= 0.6 is 0 Å². The molecule has 0 aliphatic carbocycles. The Labute approximate surface area is 225 Å². The van der Waals surface area contributed by atoms with Gasteiger partial charge in [0, 0.05) is 12.6 Å². The first-order valence-electron chi connectivity index (χ1n) is 13.4. The van der Waals surface area contributed by atoms with E-state index in [4.69, 9.17) is 9.47 Å². The predicted molar refractivity (Wildman–Crippen MR) is 143 cm³/mol. The van der Waals surface area contributed by atoms with Crippen molar-refractivity contribution < 1.29 is 29.0 Å². The molecule has 3 fully saturated rings. The van der Waals surface area contributed by atoms with Gasteiger partial charge in [0.2, 0.25) is 11.8 Å². The molecule has 3 unspecified atom stereocenters. The van der Waals surface area contributed by atoms with Crippen molar-refractivity contribution >= 4 is 17.8 Å². The maximum Gasteiger partial charge on any atom is 0.313 e. The molecule has 1 N–H and O–H groups in total. The predicted octanol–water partition coefficient (Wildman–Crippen LogP) is 2.75. The summed E-state index contributed by atoms with van der Waals surface area (Å²) < 4.78 is 12.2.